The molecule has 3 rings (SSSR count). The Balaban J connectivity index is 1.61. The first-order chi connectivity index (χ1) is 10.7. The summed E-state index contributed by atoms with van der Waals surface area (Å²) in [5.41, 5.74) is 2.34. The Morgan fingerprint density at radius 3 is 3.09 bits per heavy atom. The van der Waals surface area contributed by atoms with Crippen molar-refractivity contribution in [2.45, 2.75) is 38.1 Å². The lowest BCUT2D eigenvalue weighted by Gasteiger charge is -2.19. The minimum Gasteiger partial charge on any atom is -0.364 e. The molecular weight excluding hydrogens is 283 g/mol. The van der Waals surface area contributed by atoms with E-state index in [9.17, 15) is 9.18 Å². The van der Waals surface area contributed by atoms with Gasteiger partial charge in [-0.1, -0.05) is 17.3 Å². The van der Waals surface area contributed by atoms with E-state index in [0.29, 0.717) is 18.4 Å². The largest absolute Gasteiger partial charge is 0.364 e. The van der Waals surface area contributed by atoms with Crippen LogP contribution in [-0.4, -0.2) is 22.7 Å². The van der Waals surface area contributed by atoms with Crippen LogP contribution in [0.25, 0.3) is 0 Å². The predicted octanol–water partition coefficient (Wildman–Crippen LogP) is 3.82. The Kier molecular flexibility index (Phi) is 4.42. The molecule has 0 spiro atoms. The van der Waals surface area contributed by atoms with E-state index < -0.39 is 0 Å². The van der Waals surface area contributed by atoms with Crippen molar-refractivity contribution in [2.75, 3.05) is 0 Å². The summed E-state index contributed by atoms with van der Waals surface area (Å²) in [6.45, 7) is 0. The number of aliphatic imine (C=N–C) groups is 1. The van der Waals surface area contributed by atoms with Gasteiger partial charge in [-0.2, -0.15) is 0 Å². The normalized spacial score (nSPS) is 18.0. The first kappa shape index (κ1) is 14.6. The van der Waals surface area contributed by atoms with Crippen molar-refractivity contribution in [1.82, 2.24) is 5.16 Å². The average molecular weight is 300 g/mol. The van der Waals surface area contributed by atoms with Crippen LogP contribution in [0.15, 0.2) is 46.2 Å². The highest BCUT2D eigenvalue weighted by atomic mass is 19.1. The van der Waals surface area contributed by atoms with Crippen molar-refractivity contribution in [3.05, 3.63) is 53.7 Å². The fourth-order valence-electron chi connectivity index (χ4n) is 2.73. The van der Waals surface area contributed by atoms with E-state index in [1.54, 1.807) is 24.6 Å². The fraction of sp³-hybridized carbons (Fsp3) is 0.353. The molecule has 1 atom stereocenters. The molecule has 22 heavy (non-hydrogen) atoms. The zero-order chi connectivity index (χ0) is 15.4. The van der Waals surface area contributed by atoms with E-state index in [-0.39, 0.29) is 17.6 Å². The maximum absolute atomic E-state index is 13.1. The molecule has 1 aromatic carbocycles. The second-order valence-electron chi connectivity index (χ2n) is 5.51. The average Bonchev–Trinajstić information content (AvgIpc) is 3.07. The Bertz CT molecular complexity index is 680. The fourth-order valence-corrected chi connectivity index (χ4v) is 2.73. The van der Waals surface area contributed by atoms with E-state index in [4.69, 9.17) is 9.52 Å². The molecule has 114 valence electrons. The lowest BCUT2D eigenvalue weighted by Crippen LogP contribution is -2.17. The Morgan fingerprint density at radius 2 is 2.32 bits per heavy atom. The molecule has 1 aliphatic heterocycles. The maximum atomic E-state index is 13.1. The summed E-state index contributed by atoms with van der Waals surface area (Å²) in [6.07, 6.45) is 7.26. The SMILES string of the molecule is O=C(CCC1CCCC(c2cnoc2)=N1)c1cccc(F)c1. The molecule has 0 amide bonds. The van der Waals surface area contributed by atoms with E-state index in [0.717, 1.165) is 30.5 Å². The van der Waals surface area contributed by atoms with Gasteiger partial charge in [0.25, 0.3) is 0 Å². The number of halogens is 1. The minimum absolute atomic E-state index is 0.0354. The van der Waals surface area contributed by atoms with Gasteiger partial charge in [0.1, 0.15) is 12.1 Å². The van der Waals surface area contributed by atoms with Gasteiger partial charge in [-0.15, -0.1) is 0 Å². The number of carbonyl (C=O) groups is 1. The second kappa shape index (κ2) is 6.64. The van der Waals surface area contributed by atoms with E-state index in [2.05, 4.69) is 5.16 Å². The number of rotatable bonds is 5. The van der Waals surface area contributed by atoms with Gasteiger partial charge >= 0.3 is 0 Å². The molecule has 0 bridgehead atoms. The molecule has 0 saturated heterocycles. The maximum Gasteiger partial charge on any atom is 0.163 e. The van der Waals surface area contributed by atoms with Gasteiger partial charge in [0, 0.05) is 17.7 Å². The van der Waals surface area contributed by atoms with Gasteiger partial charge in [0.05, 0.1) is 17.8 Å². The summed E-state index contributed by atoms with van der Waals surface area (Å²) in [6, 6.07) is 5.97. The van der Waals surface area contributed by atoms with Gasteiger partial charge in [0.15, 0.2) is 5.78 Å². The van der Waals surface area contributed by atoms with E-state index >= 15 is 0 Å². The molecule has 0 N–H and O–H groups in total. The van der Waals surface area contributed by atoms with Crippen molar-refractivity contribution in [3.63, 3.8) is 0 Å². The third kappa shape index (κ3) is 3.47. The van der Waals surface area contributed by atoms with Crippen LogP contribution in [0.2, 0.25) is 0 Å². The molecule has 0 aliphatic carbocycles. The van der Waals surface area contributed by atoms with Crippen molar-refractivity contribution < 1.29 is 13.7 Å². The van der Waals surface area contributed by atoms with Crippen LogP contribution in [-0.2, 0) is 0 Å². The van der Waals surface area contributed by atoms with Gasteiger partial charge in [0.2, 0.25) is 0 Å². The summed E-state index contributed by atoms with van der Waals surface area (Å²) in [5, 5.41) is 3.70. The standard InChI is InChI=1S/C17H17FN2O2/c18-14-4-1-3-12(9-14)17(21)8-7-15-5-2-6-16(20-15)13-10-19-22-11-13/h1,3-4,9-11,15H,2,5-8H2. The number of ketones is 1. The minimum atomic E-state index is -0.378. The van der Waals surface area contributed by atoms with Gasteiger partial charge in [-0.05, 0) is 37.8 Å². The van der Waals surface area contributed by atoms with Crippen LogP contribution in [0.4, 0.5) is 4.39 Å². The lowest BCUT2D eigenvalue weighted by atomic mass is 9.95. The van der Waals surface area contributed by atoms with Crippen LogP contribution in [0.3, 0.4) is 0 Å². The number of hydrogen-bond acceptors (Lipinski definition) is 4. The first-order valence-electron chi connectivity index (χ1n) is 7.47. The first-order valence-corrected chi connectivity index (χ1v) is 7.47. The van der Waals surface area contributed by atoms with E-state index in [1.807, 2.05) is 0 Å². The van der Waals surface area contributed by atoms with Crippen LogP contribution in [0, 0.1) is 5.82 Å². The van der Waals surface area contributed by atoms with Crippen molar-refractivity contribution in [1.29, 1.82) is 0 Å². The molecular formula is C17H17FN2O2. The number of carbonyl (C=O) groups excluding carboxylic acids is 1. The van der Waals surface area contributed by atoms with Crippen molar-refractivity contribution in [2.24, 2.45) is 4.99 Å². The van der Waals surface area contributed by atoms with Crippen molar-refractivity contribution >= 4 is 11.5 Å². The van der Waals surface area contributed by atoms with Gasteiger partial charge < -0.3 is 4.52 Å². The lowest BCUT2D eigenvalue weighted by molar-refractivity contribution is 0.0976. The molecule has 2 heterocycles. The second-order valence-corrected chi connectivity index (χ2v) is 5.51. The summed E-state index contributed by atoms with van der Waals surface area (Å²) in [5.74, 6) is -0.414. The molecule has 1 aromatic heterocycles. The third-order valence-electron chi connectivity index (χ3n) is 3.91. The number of Topliss-reactive ketones (excluding diaryl/α,β-unsaturated/α-hetero) is 1. The molecule has 0 fully saturated rings. The zero-order valence-electron chi connectivity index (χ0n) is 12.2. The molecule has 0 saturated carbocycles. The molecule has 5 heteroatoms. The number of benzene rings is 1. The Labute approximate surface area is 128 Å². The van der Waals surface area contributed by atoms with Crippen molar-refractivity contribution in [3.8, 4) is 0 Å². The Hall–Kier alpha value is -2.30. The van der Waals surface area contributed by atoms with Crippen LogP contribution in [0.5, 0.6) is 0 Å². The van der Waals surface area contributed by atoms with Crippen LogP contribution in [0.1, 0.15) is 48.0 Å². The number of nitrogens with zero attached hydrogens (tertiary/aromatic N) is 2. The number of hydrogen-bond donors (Lipinski definition) is 0. The highest BCUT2D eigenvalue weighted by molar-refractivity contribution is 6.00. The number of aromatic nitrogens is 1. The van der Waals surface area contributed by atoms with E-state index in [1.165, 1.54) is 12.1 Å². The molecule has 2 aromatic rings. The molecule has 1 aliphatic rings. The summed E-state index contributed by atoms with van der Waals surface area (Å²) < 4.78 is 18.0. The molecule has 4 nitrogen and oxygen atoms in total. The molecule has 1 unspecified atom stereocenters. The predicted molar refractivity (Wildman–Crippen MR) is 80.6 cm³/mol. The van der Waals surface area contributed by atoms with Crippen LogP contribution >= 0.6 is 0 Å². The molecule has 0 radical (unpaired) electrons. The summed E-state index contributed by atoms with van der Waals surface area (Å²) in [4.78, 5) is 16.8. The monoisotopic (exact) mass is 300 g/mol. The van der Waals surface area contributed by atoms with Gasteiger partial charge in [-0.3, -0.25) is 9.79 Å². The van der Waals surface area contributed by atoms with Gasteiger partial charge in [-0.25, -0.2) is 4.39 Å². The zero-order valence-corrected chi connectivity index (χ0v) is 12.2. The highest BCUT2D eigenvalue weighted by Crippen LogP contribution is 2.22. The van der Waals surface area contributed by atoms with Crippen LogP contribution < -0.4 is 0 Å². The summed E-state index contributed by atoms with van der Waals surface area (Å²) >= 11 is 0. The Morgan fingerprint density at radius 1 is 1.41 bits per heavy atom. The smallest absolute Gasteiger partial charge is 0.163 e. The highest BCUT2D eigenvalue weighted by Gasteiger charge is 2.18. The quantitative estimate of drug-likeness (QED) is 0.789. The topological polar surface area (TPSA) is 55.5 Å². The summed E-state index contributed by atoms with van der Waals surface area (Å²) in [7, 11) is 0. The third-order valence-corrected chi connectivity index (χ3v) is 3.91.